The smallest absolute Gasteiger partial charge is 0.213 e. The van der Waals surface area contributed by atoms with Gasteiger partial charge >= 0.3 is 0 Å². The SMILES string of the molecule is CCS(=O)(=O)N1CC[C@H](c2ncc(C)[nH]2)C1. The fourth-order valence-corrected chi connectivity index (χ4v) is 3.18. The summed E-state index contributed by atoms with van der Waals surface area (Å²) in [6.45, 7) is 4.80. The number of hydrogen-bond donors (Lipinski definition) is 1. The molecule has 0 bridgehead atoms. The van der Waals surface area contributed by atoms with Crippen molar-refractivity contribution in [3.8, 4) is 0 Å². The van der Waals surface area contributed by atoms with Crippen LogP contribution in [0.3, 0.4) is 0 Å². The summed E-state index contributed by atoms with van der Waals surface area (Å²) in [6.07, 6.45) is 2.64. The van der Waals surface area contributed by atoms with Crippen LogP contribution in [0.15, 0.2) is 6.20 Å². The topological polar surface area (TPSA) is 66.1 Å². The van der Waals surface area contributed by atoms with Gasteiger partial charge in [-0.25, -0.2) is 17.7 Å². The van der Waals surface area contributed by atoms with Gasteiger partial charge in [-0.2, -0.15) is 0 Å². The van der Waals surface area contributed by atoms with Gasteiger partial charge in [0.2, 0.25) is 10.0 Å². The summed E-state index contributed by atoms with van der Waals surface area (Å²) in [5, 5.41) is 0. The molecule has 1 aliphatic rings. The summed E-state index contributed by atoms with van der Waals surface area (Å²) < 4.78 is 24.9. The van der Waals surface area contributed by atoms with Crippen LogP contribution in [0.1, 0.15) is 30.8 Å². The maximum atomic E-state index is 11.7. The van der Waals surface area contributed by atoms with Gasteiger partial charge in [0, 0.05) is 30.9 Å². The molecule has 0 unspecified atom stereocenters. The predicted molar refractivity (Wildman–Crippen MR) is 61.7 cm³/mol. The molecule has 90 valence electrons. The molecule has 1 fully saturated rings. The van der Waals surface area contributed by atoms with Gasteiger partial charge in [0.05, 0.1) is 5.75 Å². The second-order valence-corrected chi connectivity index (χ2v) is 6.45. The minimum absolute atomic E-state index is 0.177. The van der Waals surface area contributed by atoms with Crippen LogP contribution < -0.4 is 0 Å². The lowest BCUT2D eigenvalue weighted by Gasteiger charge is -2.14. The average Bonchev–Trinajstić information content (AvgIpc) is 2.85. The molecule has 1 aromatic rings. The molecule has 0 saturated carbocycles. The largest absolute Gasteiger partial charge is 0.346 e. The number of nitrogens with one attached hydrogen (secondary N) is 1. The maximum Gasteiger partial charge on any atom is 0.213 e. The second kappa shape index (κ2) is 4.18. The Kier molecular flexibility index (Phi) is 3.03. The van der Waals surface area contributed by atoms with E-state index in [-0.39, 0.29) is 11.7 Å². The Hall–Kier alpha value is -0.880. The van der Waals surface area contributed by atoms with Crippen LogP contribution in [0, 0.1) is 6.92 Å². The Bertz CT molecular complexity index is 466. The second-order valence-electron chi connectivity index (χ2n) is 4.20. The third kappa shape index (κ3) is 2.12. The van der Waals surface area contributed by atoms with Crippen LogP contribution in [0.4, 0.5) is 0 Å². The van der Waals surface area contributed by atoms with E-state index < -0.39 is 10.0 Å². The molecule has 2 rings (SSSR count). The molecule has 6 heteroatoms. The maximum absolute atomic E-state index is 11.7. The van der Waals surface area contributed by atoms with Crippen molar-refractivity contribution in [1.82, 2.24) is 14.3 Å². The van der Waals surface area contributed by atoms with E-state index in [0.717, 1.165) is 17.9 Å². The van der Waals surface area contributed by atoms with Crippen molar-refractivity contribution in [2.75, 3.05) is 18.8 Å². The van der Waals surface area contributed by atoms with Gasteiger partial charge in [-0.3, -0.25) is 0 Å². The van der Waals surface area contributed by atoms with E-state index in [4.69, 9.17) is 0 Å². The standard InChI is InChI=1S/C10H17N3O2S/c1-3-16(14,15)13-5-4-9(7-13)10-11-6-8(2)12-10/h6,9H,3-5,7H2,1-2H3,(H,11,12)/t9-/m0/s1. The van der Waals surface area contributed by atoms with Crippen molar-refractivity contribution in [3.63, 3.8) is 0 Å². The van der Waals surface area contributed by atoms with E-state index in [2.05, 4.69) is 9.97 Å². The highest BCUT2D eigenvalue weighted by molar-refractivity contribution is 7.89. The third-order valence-electron chi connectivity index (χ3n) is 3.02. The number of aryl methyl sites for hydroxylation is 1. The van der Waals surface area contributed by atoms with Crippen LogP contribution in [0.5, 0.6) is 0 Å². The summed E-state index contributed by atoms with van der Waals surface area (Å²) in [5.41, 5.74) is 1.02. The molecule has 0 aromatic carbocycles. The van der Waals surface area contributed by atoms with E-state index in [1.807, 2.05) is 6.92 Å². The first-order valence-electron chi connectivity index (χ1n) is 5.52. The minimum Gasteiger partial charge on any atom is -0.346 e. The van der Waals surface area contributed by atoms with Crippen molar-refractivity contribution in [2.24, 2.45) is 0 Å². The van der Waals surface area contributed by atoms with Gasteiger partial charge in [-0.05, 0) is 20.3 Å². The van der Waals surface area contributed by atoms with Crippen molar-refractivity contribution in [3.05, 3.63) is 17.7 Å². The molecule has 1 atom stereocenters. The number of aromatic amines is 1. The predicted octanol–water partition coefficient (Wildman–Crippen LogP) is 0.857. The van der Waals surface area contributed by atoms with E-state index in [1.165, 1.54) is 0 Å². The molecule has 1 N–H and O–H groups in total. The molecule has 1 saturated heterocycles. The van der Waals surface area contributed by atoms with E-state index in [9.17, 15) is 8.42 Å². The Balaban J connectivity index is 2.09. The molecular weight excluding hydrogens is 226 g/mol. The zero-order valence-corrected chi connectivity index (χ0v) is 10.4. The number of aromatic nitrogens is 2. The lowest BCUT2D eigenvalue weighted by Crippen LogP contribution is -2.30. The monoisotopic (exact) mass is 243 g/mol. The number of sulfonamides is 1. The number of nitrogens with zero attached hydrogens (tertiary/aromatic N) is 2. The summed E-state index contributed by atoms with van der Waals surface area (Å²) in [4.78, 5) is 7.44. The fourth-order valence-electron chi connectivity index (χ4n) is 2.03. The summed E-state index contributed by atoms with van der Waals surface area (Å²) in [5.74, 6) is 1.30. The van der Waals surface area contributed by atoms with E-state index in [0.29, 0.717) is 13.1 Å². The van der Waals surface area contributed by atoms with Crippen LogP contribution in [-0.2, 0) is 10.0 Å². The first-order chi connectivity index (χ1) is 7.53. The van der Waals surface area contributed by atoms with Crippen molar-refractivity contribution in [2.45, 2.75) is 26.2 Å². The minimum atomic E-state index is -3.04. The average molecular weight is 243 g/mol. The number of imidazole rings is 1. The van der Waals surface area contributed by atoms with E-state index in [1.54, 1.807) is 17.4 Å². The Morgan fingerprint density at radius 2 is 2.38 bits per heavy atom. The van der Waals surface area contributed by atoms with Crippen LogP contribution in [0.25, 0.3) is 0 Å². The van der Waals surface area contributed by atoms with Crippen molar-refractivity contribution >= 4 is 10.0 Å². The van der Waals surface area contributed by atoms with Crippen LogP contribution in [0.2, 0.25) is 0 Å². The lowest BCUT2D eigenvalue weighted by molar-refractivity contribution is 0.472. The molecule has 1 aromatic heterocycles. The molecule has 1 aliphatic heterocycles. The van der Waals surface area contributed by atoms with Gasteiger partial charge in [0.25, 0.3) is 0 Å². The highest BCUT2D eigenvalue weighted by Gasteiger charge is 2.32. The highest BCUT2D eigenvalue weighted by Crippen LogP contribution is 2.26. The van der Waals surface area contributed by atoms with Gasteiger partial charge in [0.1, 0.15) is 5.82 Å². The van der Waals surface area contributed by atoms with Gasteiger partial charge in [0.15, 0.2) is 0 Å². The first-order valence-corrected chi connectivity index (χ1v) is 7.13. The van der Waals surface area contributed by atoms with Gasteiger partial charge < -0.3 is 4.98 Å². The van der Waals surface area contributed by atoms with Gasteiger partial charge in [-0.1, -0.05) is 0 Å². The quantitative estimate of drug-likeness (QED) is 0.856. The Labute approximate surface area is 95.9 Å². The molecule has 0 aliphatic carbocycles. The first kappa shape index (κ1) is 11.6. The molecule has 2 heterocycles. The highest BCUT2D eigenvalue weighted by atomic mass is 32.2. The Morgan fingerprint density at radius 3 is 2.94 bits per heavy atom. The summed E-state index contributed by atoms with van der Waals surface area (Å²) in [6, 6.07) is 0. The van der Waals surface area contributed by atoms with Crippen molar-refractivity contribution < 1.29 is 8.42 Å². The molecule has 0 amide bonds. The fraction of sp³-hybridized carbons (Fsp3) is 0.700. The number of rotatable bonds is 3. The normalized spacial score (nSPS) is 22.8. The number of H-pyrrole nitrogens is 1. The lowest BCUT2D eigenvalue weighted by atomic mass is 10.1. The molecular formula is C10H17N3O2S. The molecule has 0 radical (unpaired) electrons. The number of hydrogen-bond acceptors (Lipinski definition) is 3. The molecule has 16 heavy (non-hydrogen) atoms. The molecule has 0 spiro atoms. The van der Waals surface area contributed by atoms with E-state index >= 15 is 0 Å². The third-order valence-corrected chi connectivity index (χ3v) is 4.87. The summed E-state index contributed by atoms with van der Waals surface area (Å²) in [7, 11) is -3.04. The summed E-state index contributed by atoms with van der Waals surface area (Å²) >= 11 is 0. The van der Waals surface area contributed by atoms with Crippen LogP contribution in [-0.4, -0.2) is 41.5 Å². The van der Waals surface area contributed by atoms with Crippen LogP contribution >= 0.6 is 0 Å². The van der Waals surface area contributed by atoms with Gasteiger partial charge in [-0.15, -0.1) is 0 Å². The molecule has 5 nitrogen and oxygen atoms in total. The van der Waals surface area contributed by atoms with Crippen molar-refractivity contribution in [1.29, 1.82) is 0 Å². The zero-order chi connectivity index (χ0) is 11.8. The zero-order valence-electron chi connectivity index (χ0n) is 9.60. The Morgan fingerprint density at radius 1 is 1.62 bits per heavy atom.